The Hall–Kier alpha value is -2.37. The molecule has 0 bridgehead atoms. The number of hydrogen-bond donors (Lipinski definition) is 4. The maximum atomic E-state index is 14.0. The molecule has 3 aliphatic heterocycles. The van der Waals surface area contributed by atoms with Crippen molar-refractivity contribution in [2.75, 3.05) is 26.3 Å². The van der Waals surface area contributed by atoms with Crippen molar-refractivity contribution < 1.29 is 56.0 Å². The summed E-state index contributed by atoms with van der Waals surface area (Å²) in [6.45, 7) is 3.71. The molecule has 4 N–H and O–H groups in total. The Morgan fingerprint density at radius 1 is 1.16 bits per heavy atom. The van der Waals surface area contributed by atoms with Gasteiger partial charge in [0.25, 0.3) is 0 Å². The second kappa shape index (κ2) is 14.2. The predicted octanol–water partition coefficient (Wildman–Crippen LogP) is 1.13. The monoisotopic (exact) mass is 668 g/mol. The van der Waals surface area contributed by atoms with E-state index >= 15 is 0 Å². The zero-order chi connectivity index (χ0) is 32.4. The van der Waals surface area contributed by atoms with Crippen LogP contribution < -0.4 is 10.8 Å². The molecule has 3 unspecified atom stereocenters. The zero-order valence-electron chi connectivity index (χ0n) is 24.9. The molecule has 5 atom stereocenters. The van der Waals surface area contributed by atoms with Crippen LogP contribution in [0.25, 0.3) is 0 Å². The van der Waals surface area contributed by atoms with Crippen molar-refractivity contribution in [3.8, 4) is 0 Å². The average Bonchev–Trinajstić information content (AvgIpc) is 3.69. The number of carbonyl (C=O) groups excluding carboxylic acids is 1. The lowest BCUT2D eigenvalue weighted by Crippen LogP contribution is -2.52. The van der Waals surface area contributed by atoms with Crippen molar-refractivity contribution in [3.05, 3.63) is 59.7 Å². The SMILES string of the molecule is CC(C)CN(CC(OP(=O)(O)O)C(Cc1ccccc1)NC(=O)O[C@H]1CO[C@H]2OCCC21)S(=O)(=O)c1ccc2c(c1)COB2O. The van der Waals surface area contributed by atoms with E-state index in [1.807, 2.05) is 0 Å². The van der Waals surface area contributed by atoms with Gasteiger partial charge in [-0.05, 0) is 47.5 Å². The van der Waals surface area contributed by atoms with E-state index in [1.165, 1.54) is 18.2 Å². The number of nitrogens with zero attached hydrogens (tertiary/aromatic N) is 1. The molecule has 2 saturated heterocycles. The van der Waals surface area contributed by atoms with Crippen molar-refractivity contribution in [2.45, 2.75) is 62.7 Å². The smallest absolute Gasteiger partial charge is 0.443 e. The summed E-state index contributed by atoms with van der Waals surface area (Å²) >= 11 is 0. The molecule has 1 amide bonds. The molecule has 246 valence electrons. The van der Waals surface area contributed by atoms with Gasteiger partial charge in [-0.3, -0.25) is 4.52 Å². The van der Waals surface area contributed by atoms with Crippen LogP contribution in [-0.4, -0.2) is 91.6 Å². The first-order valence-corrected chi connectivity index (χ1v) is 17.7. The number of phosphoric ester groups is 1. The summed E-state index contributed by atoms with van der Waals surface area (Å²) in [5.74, 6) is -0.333. The number of amides is 1. The highest BCUT2D eigenvalue weighted by Gasteiger charge is 2.44. The first kappa shape index (κ1) is 34.0. The van der Waals surface area contributed by atoms with E-state index in [4.69, 9.17) is 23.4 Å². The fourth-order valence-electron chi connectivity index (χ4n) is 5.82. The van der Waals surface area contributed by atoms with Gasteiger partial charge >= 0.3 is 21.0 Å². The third-order valence-corrected chi connectivity index (χ3v) is 10.3. The molecule has 0 saturated carbocycles. The molecule has 2 fully saturated rings. The number of carbonyl (C=O) groups is 1. The quantitative estimate of drug-likeness (QED) is 0.176. The largest absolute Gasteiger partial charge is 0.491 e. The third kappa shape index (κ3) is 8.52. The van der Waals surface area contributed by atoms with E-state index < -0.39 is 62.1 Å². The van der Waals surface area contributed by atoms with Crippen LogP contribution in [0.3, 0.4) is 0 Å². The molecule has 2 aromatic rings. The van der Waals surface area contributed by atoms with Gasteiger partial charge < -0.3 is 39.0 Å². The molecule has 0 spiro atoms. The summed E-state index contributed by atoms with van der Waals surface area (Å²) in [5.41, 5.74) is 1.67. The van der Waals surface area contributed by atoms with Gasteiger partial charge in [-0.15, -0.1) is 0 Å². The predicted molar refractivity (Wildman–Crippen MR) is 160 cm³/mol. The molecule has 14 nitrogen and oxygen atoms in total. The van der Waals surface area contributed by atoms with Crippen molar-refractivity contribution in [1.82, 2.24) is 9.62 Å². The van der Waals surface area contributed by atoms with E-state index in [9.17, 15) is 32.6 Å². The summed E-state index contributed by atoms with van der Waals surface area (Å²) in [5, 5.41) is 12.7. The van der Waals surface area contributed by atoms with Gasteiger partial charge in [-0.2, -0.15) is 4.31 Å². The van der Waals surface area contributed by atoms with E-state index in [0.717, 1.165) is 4.31 Å². The Balaban J connectivity index is 1.44. The molecule has 2 aromatic carbocycles. The Labute approximate surface area is 262 Å². The maximum Gasteiger partial charge on any atom is 0.491 e. The second-order valence-corrected chi connectivity index (χ2v) is 14.9. The normalized spacial score (nSPS) is 22.8. The number of rotatable bonds is 13. The van der Waals surface area contributed by atoms with Crippen LogP contribution >= 0.6 is 7.82 Å². The lowest BCUT2D eigenvalue weighted by atomic mass is 9.80. The molecule has 17 heteroatoms. The minimum absolute atomic E-state index is 0.0233. The number of sulfonamides is 1. The van der Waals surface area contributed by atoms with Gasteiger partial charge in [0, 0.05) is 13.1 Å². The molecular weight excluding hydrogens is 630 g/mol. The van der Waals surface area contributed by atoms with E-state index in [-0.39, 0.29) is 42.9 Å². The standard InChI is InChI=1S/C28H38BN2O12PS/c1-18(2)14-31(45(37,38)21-8-9-23-20(13-21)16-41-29(23)33)15-25(43-44(34,35)36)24(12-19-6-4-3-5-7-19)30-28(32)42-26-17-40-27-22(26)10-11-39-27/h3-9,13,18,22,24-27,33H,10-12,14-17H2,1-2H3,(H,30,32)(H2,34,35,36)/t22?,24?,25?,26-,27+/m0/s1. The molecular formula is C28H38BN2O12PS. The summed E-state index contributed by atoms with van der Waals surface area (Å²) in [4.78, 5) is 33.0. The molecule has 3 aliphatic rings. The van der Waals surface area contributed by atoms with Crippen molar-refractivity contribution in [3.63, 3.8) is 0 Å². The number of ether oxygens (including phenoxy) is 3. The fraction of sp³-hybridized carbons (Fsp3) is 0.536. The van der Waals surface area contributed by atoms with E-state index in [0.29, 0.717) is 29.6 Å². The zero-order valence-corrected chi connectivity index (χ0v) is 26.6. The fourth-order valence-corrected chi connectivity index (χ4v) is 8.05. The Morgan fingerprint density at radius 2 is 1.91 bits per heavy atom. The topological polar surface area (TPSA) is 190 Å². The molecule has 3 heterocycles. The van der Waals surface area contributed by atoms with Gasteiger partial charge in [0.2, 0.25) is 10.0 Å². The number of fused-ring (bicyclic) bond motifs is 2. The summed E-state index contributed by atoms with van der Waals surface area (Å²) in [6, 6.07) is 12.0. The van der Waals surface area contributed by atoms with Gasteiger partial charge in [-0.1, -0.05) is 50.2 Å². The lowest BCUT2D eigenvalue weighted by molar-refractivity contribution is -0.0907. The van der Waals surface area contributed by atoms with Gasteiger partial charge in [0.1, 0.15) is 12.2 Å². The number of hydrogen-bond acceptors (Lipinski definition) is 10. The van der Waals surface area contributed by atoms with Gasteiger partial charge in [-0.25, -0.2) is 17.8 Å². The molecule has 45 heavy (non-hydrogen) atoms. The Bertz CT molecular complexity index is 1490. The minimum Gasteiger partial charge on any atom is -0.443 e. The Morgan fingerprint density at radius 3 is 2.62 bits per heavy atom. The van der Waals surface area contributed by atoms with Gasteiger partial charge in [0.15, 0.2) is 6.29 Å². The molecule has 0 radical (unpaired) electrons. The van der Waals surface area contributed by atoms with Crippen LogP contribution in [0.2, 0.25) is 0 Å². The average molecular weight is 668 g/mol. The van der Waals surface area contributed by atoms with E-state index in [2.05, 4.69) is 5.32 Å². The van der Waals surface area contributed by atoms with Crippen LogP contribution in [0.4, 0.5) is 4.79 Å². The summed E-state index contributed by atoms with van der Waals surface area (Å²) in [6.07, 6.45) is -2.73. The second-order valence-electron chi connectivity index (χ2n) is 11.8. The summed E-state index contributed by atoms with van der Waals surface area (Å²) in [7, 11) is -10.6. The summed E-state index contributed by atoms with van der Waals surface area (Å²) < 4.78 is 68.6. The van der Waals surface area contributed by atoms with Gasteiger partial charge in [0.05, 0.1) is 36.7 Å². The van der Waals surface area contributed by atoms with Crippen molar-refractivity contribution in [2.24, 2.45) is 11.8 Å². The van der Waals surface area contributed by atoms with Crippen LogP contribution in [0, 0.1) is 11.8 Å². The first-order chi connectivity index (χ1) is 21.3. The van der Waals surface area contributed by atoms with Crippen LogP contribution in [-0.2, 0) is 51.0 Å². The number of benzene rings is 2. The van der Waals surface area contributed by atoms with Crippen LogP contribution in [0.5, 0.6) is 0 Å². The first-order valence-electron chi connectivity index (χ1n) is 14.7. The number of alkyl carbamates (subject to hydrolysis) is 1. The highest BCUT2D eigenvalue weighted by atomic mass is 32.2. The molecule has 0 aliphatic carbocycles. The van der Waals surface area contributed by atoms with Crippen molar-refractivity contribution in [1.29, 1.82) is 0 Å². The molecule has 5 rings (SSSR count). The lowest BCUT2D eigenvalue weighted by Gasteiger charge is -2.33. The van der Waals surface area contributed by atoms with Crippen molar-refractivity contribution >= 4 is 36.5 Å². The number of nitrogens with one attached hydrogen (secondary N) is 1. The minimum atomic E-state index is -5.19. The van der Waals surface area contributed by atoms with Crippen LogP contribution in [0.15, 0.2) is 53.4 Å². The van der Waals surface area contributed by atoms with E-state index in [1.54, 1.807) is 44.2 Å². The molecule has 0 aromatic heterocycles. The van der Waals surface area contributed by atoms with Crippen LogP contribution in [0.1, 0.15) is 31.4 Å². The third-order valence-electron chi connectivity index (χ3n) is 7.93. The Kier molecular flexibility index (Phi) is 10.7. The maximum absolute atomic E-state index is 14.0. The highest BCUT2D eigenvalue weighted by molar-refractivity contribution is 7.89. The highest BCUT2D eigenvalue weighted by Crippen LogP contribution is 2.39. The number of phosphoric acid groups is 1.